The van der Waals surface area contributed by atoms with Crippen molar-refractivity contribution < 1.29 is 9.52 Å². The molecular formula is C16H19NO2. The predicted octanol–water partition coefficient (Wildman–Crippen LogP) is 2.98. The second kappa shape index (κ2) is 5.59. The van der Waals surface area contributed by atoms with E-state index in [1.807, 2.05) is 0 Å². The van der Waals surface area contributed by atoms with E-state index >= 15 is 0 Å². The van der Waals surface area contributed by atoms with Crippen molar-refractivity contribution in [3.63, 3.8) is 0 Å². The van der Waals surface area contributed by atoms with Gasteiger partial charge in [-0.2, -0.15) is 0 Å². The molecule has 2 aromatic rings. The first kappa shape index (κ1) is 12.5. The first-order valence-electron chi connectivity index (χ1n) is 6.87. The molecule has 0 fully saturated rings. The molecule has 1 aromatic carbocycles. The number of fused-ring (bicyclic) bond motifs is 1. The SMILES string of the molecule is OC(CNC1CCCc2ccccc21)c1ccco1. The van der Waals surface area contributed by atoms with Crippen molar-refractivity contribution in [3.8, 4) is 0 Å². The highest BCUT2D eigenvalue weighted by atomic mass is 16.4. The molecule has 1 aromatic heterocycles. The summed E-state index contributed by atoms with van der Waals surface area (Å²) in [5.74, 6) is 0.622. The smallest absolute Gasteiger partial charge is 0.133 e. The van der Waals surface area contributed by atoms with Crippen molar-refractivity contribution in [2.45, 2.75) is 31.4 Å². The maximum absolute atomic E-state index is 10.0. The third kappa shape index (κ3) is 2.72. The molecule has 1 heterocycles. The highest BCUT2D eigenvalue weighted by Crippen LogP contribution is 2.29. The van der Waals surface area contributed by atoms with Crippen LogP contribution in [0.5, 0.6) is 0 Å². The minimum atomic E-state index is -0.580. The Morgan fingerprint density at radius 1 is 1.26 bits per heavy atom. The zero-order chi connectivity index (χ0) is 13.1. The molecule has 19 heavy (non-hydrogen) atoms. The van der Waals surface area contributed by atoms with Crippen molar-refractivity contribution in [2.75, 3.05) is 6.54 Å². The molecule has 0 spiro atoms. The van der Waals surface area contributed by atoms with Crippen LogP contribution in [0.2, 0.25) is 0 Å². The van der Waals surface area contributed by atoms with Crippen LogP contribution in [-0.2, 0) is 6.42 Å². The number of aliphatic hydroxyl groups is 1. The molecule has 1 aliphatic carbocycles. The van der Waals surface area contributed by atoms with E-state index < -0.39 is 6.10 Å². The van der Waals surface area contributed by atoms with Gasteiger partial charge < -0.3 is 14.8 Å². The van der Waals surface area contributed by atoms with Crippen LogP contribution < -0.4 is 5.32 Å². The van der Waals surface area contributed by atoms with Crippen LogP contribution in [0.3, 0.4) is 0 Å². The average molecular weight is 257 g/mol. The Morgan fingerprint density at radius 3 is 3.00 bits per heavy atom. The van der Waals surface area contributed by atoms with Crippen LogP contribution in [0.4, 0.5) is 0 Å². The van der Waals surface area contributed by atoms with E-state index in [0.29, 0.717) is 18.3 Å². The van der Waals surface area contributed by atoms with Crippen molar-refractivity contribution in [2.24, 2.45) is 0 Å². The average Bonchev–Trinajstić information content (AvgIpc) is 2.99. The van der Waals surface area contributed by atoms with Crippen LogP contribution in [-0.4, -0.2) is 11.7 Å². The molecule has 0 aliphatic heterocycles. The van der Waals surface area contributed by atoms with Crippen molar-refractivity contribution >= 4 is 0 Å². The molecule has 2 atom stereocenters. The molecule has 3 rings (SSSR count). The Morgan fingerprint density at radius 2 is 2.16 bits per heavy atom. The zero-order valence-electron chi connectivity index (χ0n) is 10.9. The summed E-state index contributed by atoms with van der Waals surface area (Å²) in [5, 5.41) is 13.5. The topological polar surface area (TPSA) is 45.4 Å². The number of aliphatic hydroxyl groups excluding tert-OH is 1. The summed E-state index contributed by atoms with van der Waals surface area (Å²) in [7, 11) is 0. The summed E-state index contributed by atoms with van der Waals surface area (Å²) >= 11 is 0. The van der Waals surface area contributed by atoms with E-state index in [-0.39, 0.29) is 0 Å². The van der Waals surface area contributed by atoms with Gasteiger partial charge in [-0.15, -0.1) is 0 Å². The third-order valence-corrected chi connectivity index (χ3v) is 3.80. The fourth-order valence-corrected chi connectivity index (χ4v) is 2.80. The van der Waals surface area contributed by atoms with Gasteiger partial charge in [-0.05, 0) is 42.5 Å². The molecule has 1 aliphatic rings. The van der Waals surface area contributed by atoms with Gasteiger partial charge >= 0.3 is 0 Å². The monoisotopic (exact) mass is 257 g/mol. The van der Waals surface area contributed by atoms with E-state index in [0.717, 1.165) is 12.8 Å². The zero-order valence-corrected chi connectivity index (χ0v) is 10.9. The molecule has 0 radical (unpaired) electrons. The number of nitrogens with one attached hydrogen (secondary N) is 1. The van der Waals surface area contributed by atoms with Crippen molar-refractivity contribution in [3.05, 3.63) is 59.5 Å². The van der Waals surface area contributed by atoms with Gasteiger partial charge in [0.15, 0.2) is 0 Å². The molecule has 2 unspecified atom stereocenters. The summed E-state index contributed by atoms with van der Waals surface area (Å²) in [6.45, 7) is 0.520. The maximum atomic E-state index is 10.0. The summed E-state index contributed by atoms with van der Waals surface area (Å²) in [6, 6.07) is 12.5. The lowest BCUT2D eigenvalue weighted by Crippen LogP contribution is -2.29. The third-order valence-electron chi connectivity index (χ3n) is 3.80. The first-order chi connectivity index (χ1) is 9.34. The largest absolute Gasteiger partial charge is 0.467 e. The Labute approximate surface area is 113 Å². The van der Waals surface area contributed by atoms with E-state index in [1.54, 1.807) is 18.4 Å². The number of furan rings is 1. The normalized spacial score (nSPS) is 19.9. The van der Waals surface area contributed by atoms with E-state index in [1.165, 1.54) is 17.5 Å². The number of benzene rings is 1. The molecule has 2 N–H and O–H groups in total. The van der Waals surface area contributed by atoms with Gasteiger partial charge in [0.2, 0.25) is 0 Å². The lowest BCUT2D eigenvalue weighted by molar-refractivity contribution is 0.142. The van der Waals surface area contributed by atoms with Gasteiger partial charge in [0.05, 0.1) is 6.26 Å². The number of hydrogen-bond acceptors (Lipinski definition) is 3. The molecule has 0 amide bonds. The highest BCUT2D eigenvalue weighted by molar-refractivity contribution is 5.32. The molecule has 3 heteroatoms. The minimum absolute atomic E-state index is 0.342. The van der Waals surface area contributed by atoms with Gasteiger partial charge in [-0.3, -0.25) is 0 Å². The van der Waals surface area contributed by atoms with E-state index in [9.17, 15) is 5.11 Å². The molecule has 0 saturated heterocycles. The fourth-order valence-electron chi connectivity index (χ4n) is 2.80. The maximum Gasteiger partial charge on any atom is 0.133 e. The van der Waals surface area contributed by atoms with E-state index in [4.69, 9.17) is 4.42 Å². The van der Waals surface area contributed by atoms with Gasteiger partial charge in [0, 0.05) is 12.6 Å². The van der Waals surface area contributed by atoms with Gasteiger partial charge in [0.1, 0.15) is 11.9 Å². The standard InChI is InChI=1S/C16H19NO2/c18-15(16-9-4-10-19-16)11-17-14-8-3-6-12-5-1-2-7-13(12)14/h1-2,4-5,7,9-10,14-15,17-18H,3,6,8,11H2. The Bertz CT molecular complexity index is 521. The van der Waals surface area contributed by atoms with Crippen LogP contribution in [0.25, 0.3) is 0 Å². The molecule has 0 bridgehead atoms. The summed E-state index contributed by atoms with van der Waals surface area (Å²) in [5.41, 5.74) is 2.80. The fraction of sp³-hybridized carbons (Fsp3) is 0.375. The highest BCUT2D eigenvalue weighted by Gasteiger charge is 2.20. The second-order valence-corrected chi connectivity index (χ2v) is 5.08. The molecular weight excluding hydrogens is 238 g/mol. The number of hydrogen-bond donors (Lipinski definition) is 2. The van der Waals surface area contributed by atoms with Gasteiger partial charge in [0.25, 0.3) is 0 Å². The van der Waals surface area contributed by atoms with Crippen molar-refractivity contribution in [1.82, 2.24) is 5.32 Å². The lowest BCUT2D eigenvalue weighted by atomic mass is 9.87. The molecule has 0 saturated carbocycles. The van der Waals surface area contributed by atoms with Crippen molar-refractivity contribution in [1.29, 1.82) is 0 Å². The Balaban J connectivity index is 1.65. The molecule has 3 nitrogen and oxygen atoms in total. The Hall–Kier alpha value is -1.58. The number of aryl methyl sites for hydroxylation is 1. The van der Waals surface area contributed by atoms with Crippen LogP contribution in [0, 0.1) is 0 Å². The minimum Gasteiger partial charge on any atom is -0.467 e. The van der Waals surface area contributed by atoms with E-state index in [2.05, 4.69) is 29.6 Å². The van der Waals surface area contributed by atoms with Gasteiger partial charge in [-0.25, -0.2) is 0 Å². The summed E-state index contributed by atoms with van der Waals surface area (Å²) in [4.78, 5) is 0. The predicted molar refractivity (Wildman–Crippen MR) is 73.8 cm³/mol. The quantitative estimate of drug-likeness (QED) is 0.885. The van der Waals surface area contributed by atoms with Gasteiger partial charge in [-0.1, -0.05) is 24.3 Å². The summed E-state index contributed by atoms with van der Waals surface area (Å²) in [6.07, 6.45) is 4.50. The lowest BCUT2D eigenvalue weighted by Gasteiger charge is -2.27. The first-order valence-corrected chi connectivity index (χ1v) is 6.87. The van der Waals surface area contributed by atoms with Crippen LogP contribution >= 0.6 is 0 Å². The van der Waals surface area contributed by atoms with Crippen LogP contribution in [0.15, 0.2) is 47.1 Å². The molecule has 100 valence electrons. The summed E-state index contributed by atoms with van der Waals surface area (Å²) < 4.78 is 5.21. The second-order valence-electron chi connectivity index (χ2n) is 5.08. The Kier molecular flexibility index (Phi) is 3.67. The van der Waals surface area contributed by atoms with Crippen LogP contribution in [0.1, 0.15) is 41.9 Å². The number of rotatable bonds is 4.